The van der Waals surface area contributed by atoms with Crippen LogP contribution in [0, 0.1) is 0 Å². The Balaban J connectivity index is 1.45. The molecule has 0 aliphatic heterocycles. The van der Waals surface area contributed by atoms with E-state index >= 15 is 0 Å². The predicted molar refractivity (Wildman–Crippen MR) is 104 cm³/mol. The minimum absolute atomic E-state index is 0.0462. The molecule has 2 N–H and O–H groups in total. The van der Waals surface area contributed by atoms with Crippen molar-refractivity contribution in [2.45, 2.75) is 42.5 Å². The molecule has 128 valence electrons. The zero-order valence-electron chi connectivity index (χ0n) is 13.1. The summed E-state index contributed by atoms with van der Waals surface area (Å²) in [6.07, 6.45) is 6.32. The highest BCUT2D eigenvalue weighted by molar-refractivity contribution is 9.10. The van der Waals surface area contributed by atoms with Gasteiger partial charge in [0, 0.05) is 16.2 Å². The molecule has 0 spiro atoms. The third-order valence-corrected chi connectivity index (χ3v) is 6.26. The molecule has 1 aliphatic rings. The summed E-state index contributed by atoms with van der Waals surface area (Å²) < 4.78 is 1.76. The molecule has 2 aromatic rings. The third kappa shape index (κ3) is 5.46. The SMILES string of the molecule is O=C(CSc1nnc(NC2CCCCC2)s1)Nc1cccc(Br)c1. The van der Waals surface area contributed by atoms with E-state index in [1.54, 1.807) is 0 Å². The standard InChI is InChI=1S/C16H19BrN4OS2/c17-11-5-4-8-13(9-11)18-14(22)10-23-16-21-20-15(24-16)19-12-6-2-1-3-7-12/h4-5,8-9,12H,1-3,6-7,10H2,(H,18,22)(H,19,20). The van der Waals surface area contributed by atoms with Gasteiger partial charge in [-0.15, -0.1) is 10.2 Å². The van der Waals surface area contributed by atoms with E-state index in [4.69, 9.17) is 0 Å². The maximum absolute atomic E-state index is 12.0. The highest BCUT2D eigenvalue weighted by Gasteiger charge is 2.15. The number of benzene rings is 1. The number of halogens is 1. The third-order valence-electron chi connectivity index (χ3n) is 3.77. The molecule has 1 amide bonds. The average Bonchev–Trinajstić information content (AvgIpc) is 3.01. The molecule has 8 heteroatoms. The van der Waals surface area contributed by atoms with Gasteiger partial charge in [-0.25, -0.2) is 0 Å². The minimum Gasteiger partial charge on any atom is -0.357 e. The summed E-state index contributed by atoms with van der Waals surface area (Å²) in [6.45, 7) is 0. The van der Waals surface area contributed by atoms with Crippen LogP contribution >= 0.6 is 39.0 Å². The molecule has 1 saturated carbocycles. The number of rotatable bonds is 6. The van der Waals surface area contributed by atoms with E-state index < -0.39 is 0 Å². The maximum Gasteiger partial charge on any atom is 0.234 e. The number of hydrogen-bond donors (Lipinski definition) is 2. The summed E-state index contributed by atoms with van der Waals surface area (Å²) in [7, 11) is 0. The van der Waals surface area contributed by atoms with Gasteiger partial charge in [0.15, 0.2) is 4.34 Å². The second-order valence-corrected chi connectivity index (χ2v) is 8.82. The van der Waals surface area contributed by atoms with Crippen LogP contribution in [0.3, 0.4) is 0 Å². The first-order valence-corrected chi connectivity index (χ1v) is 10.6. The van der Waals surface area contributed by atoms with Gasteiger partial charge in [0.1, 0.15) is 0 Å². The first kappa shape index (κ1) is 17.7. The summed E-state index contributed by atoms with van der Waals surface area (Å²) in [5.74, 6) is 0.278. The van der Waals surface area contributed by atoms with Gasteiger partial charge >= 0.3 is 0 Å². The van der Waals surface area contributed by atoms with Crippen LogP contribution in [0.25, 0.3) is 0 Å². The van der Waals surface area contributed by atoms with E-state index in [-0.39, 0.29) is 5.91 Å². The van der Waals surface area contributed by atoms with E-state index in [1.807, 2.05) is 24.3 Å². The lowest BCUT2D eigenvalue weighted by Gasteiger charge is -2.21. The quantitative estimate of drug-likeness (QED) is 0.650. The Morgan fingerprint density at radius 1 is 1.29 bits per heavy atom. The smallest absolute Gasteiger partial charge is 0.234 e. The molecule has 5 nitrogen and oxygen atoms in total. The normalized spacial score (nSPS) is 15.2. The van der Waals surface area contributed by atoms with Gasteiger partial charge in [0.25, 0.3) is 0 Å². The van der Waals surface area contributed by atoms with Gasteiger partial charge in [-0.05, 0) is 31.0 Å². The lowest BCUT2D eigenvalue weighted by molar-refractivity contribution is -0.113. The molecule has 1 aliphatic carbocycles. The molecule has 3 rings (SSSR count). The van der Waals surface area contributed by atoms with Crippen LogP contribution in [0.15, 0.2) is 33.1 Å². The number of nitrogens with one attached hydrogen (secondary N) is 2. The molecule has 1 fully saturated rings. The van der Waals surface area contributed by atoms with Crippen molar-refractivity contribution in [3.8, 4) is 0 Å². The van der Waals surface area contributed by atoms with Gasteiger partial charge in [-0.1, -0.05) is 64.4 Å². The van der Waals surface area contributed by atoms with E-state index in [9.17, 15) is 4.79 Å². The lowest BCUT2D eigenvalue weighted by atomic mass is 9.96. The van der Waals surface area contributed by atoms with Crippen LogP contribution in [-0.2, 0) is 4.79 Å². The van der Waals surface area contributed by atoms with Crippen LogP contribution in [0.1, 0.15) is 32.1 Å². The van der Waals surface area contributed by atoms with Gasteiger partial charge < -0.3 is 10.6 Å². The molecule has 0 atom stereocenters. The summed E-state index contributed by atoms with van der Waals surface area (Å²) >= 11 is 6.33. The van der Waals surface area contributed by atoms with E-state index in [0.717, 1.165) is 19.6 Å². The van der Waals surface area contributed by atoms with Crippen molar-refractivity contribution in [1.82, 2.24) is 10.2 Å². The highest BCUT2D eigenvalue weighted by Crippen LogP contribution is 2.28. The van der Waals surface area contributed by atoms with Gasteiger partial charge in [-0.2, -0.15) is 0 Å². The zero-order valence-corrected chi connectivity index (χ0v) is 16.3. The fraction of sp³-hybridized carbons (Fsp3) is 0.438. The molecular formula is C16H19BrN4OS2. The van der Waals surface area contributed by atoms with Gasteiger partial charge in [0.05, 0.1) is 5.75 Å². The Labute approximate surface area is 158 Å². The van der Waals surface area contributed by atoms with Gasteiger partial charge in [-0.3, -0.25) is 4.79 Å². The summed E-state index contributed by atoms with van der Waals surface area (Å²) in [5, 5.41) is 15.5. The number of carbonyl (C=O) groups excluding carboxylic acids is 1. The Bertz CT molecular complexity index is 688. The van der Waals surface area contributed by atoms with E-state index in [2.05, 4.69) is 36.8 Å². The number of hydrogen-bond acceptors (Lipinski definition) is 6. The van der Waals surface area contributed by atoms with Crippen molar-refractivity contribution in [3.63, 3.8) is 0 Å². The van der Waals surface area contributed by atoms with Crippen molar-refractivity contribution in [2.75, 3.05) is 16.4 Å². The molecule has 0 unspecified atom stereocenters. The molecule has 0 radical (unpaired) electrons. The molecule has 1 aromatic heterocycles. The molecular weight excluding hydrogens is 408 g/mol. The number of anilines is 2. The van der Waals surface area contributed by atoms with Crippen LogP contribution in [0.4, 0.5) is 10.8 Å². The fourth-order valence-electron chi connectivity index (χ4n) is 2.64. The Morgan fingerprint density at radius 2 is 2.12 bits per heavy atom. The Hall–Kier alpha value is -1.12. The highest BCUT2D eigenvalue weighted by atomic mass is 79.9. The van der Waals surface area contributed by atoms with Crippen molar-refractivity contribution < 1.29 is 4.79 Å². The number of carbonyl (C=O) groups is 1. The Kier molecular flexibility index (Phi) is 6.51. The van der Waals surface area contributed by atoms with Crippen molar-refractivity contribution in [2.24, 2.45) is 0 Å². The van der Waals surface area contributed by atoms with Crippen molar-refractivity contribution in [3.05, 3.63) is 28.7 Å². The number of aromatic nitrogens is 2. The van der Waals surface area contributed by atoms with E-state index in [1.165, 1.54) is 55.2 Å². The Morgan fingerprint density at radius 3 is 2.92 bits per heavy atom. The number of nitrogens with zero attached hydrogens (tertiary/aromatic N) is 2. The van der Waals surface area contributed by atoms with Gasteiger partial charge in [0.2, 0.25) is 11.0 Å². The van der Waals surface area contributed by atoms with Crippen LogP contribution in [-0.4, -0.2) is 27.9 Å². The molecule has 24 heavy (non-hydrogen) atoms. The zero-order chi connectivity index (χ0) is 16.8. The minimum atomic E-state index is -0.0462. The summed E-state index contributed by atoms with van der Waals surface area (Å²) in [6, 6.07) is 8.07. The van der Waals surface area contributed by atoms with Crippen molar-refractivity contribution in [1.29, 1.82) is 0 Å². The summed E-state index contributed by atoms with van der Waals surface area (Å²) in [5.41, 5.74) is 0.784. The summed E-state index contributed by atoms with van der Waals surface area (Å²) in [4.78, 5) is 12.0. The fourth-order valence-corrected chi connectivity index (χ4v) is 4.67. The first-order valence-electron chi connectivity index (χ1n) is 7.97. The average molecular weight is 427 g/mol. The largest absolute Gasteiger partial charge is 0.357 e. The molecule has 1 aromatic carbocycles. The maximum atomic E-state index is 12.0. The van der Waals surface area contributed by atoms with Crippen LogP contribution < -0.4 is 10.6 Å². The lowest BCUT2D eigenvalue weighted by Crippen LogP contribution is -2.21. The monoisotopic (exact) mass is 426 g/mol. The number of thioether (sulfide) groups is 1. The molecule has 0 bridgehead atoms. The molecule has 1 heterocycles. The van der Waals surface area contributed by atoms with Crippen molar-refractivity contribution >= 4 is 55.8 Å². The van der Waals surface area contributed by atoms with E-state index in [0.29, 0.717) is 11.8 Å². The first-order chi connectivity index (χ1) is 11.7. The van der Waals surface area contributed by atoms with Crippen LogP contribution in [0.2, 0.25) is 0 Å². The molecule has 0 saturated heterocycles. The topological polar surface area (TPSA) is 66.9 Å². The van der Waals surface area contributed by atoms with Crippen LogP contribution in [0.5, 0.6) is 0 Å². The second-order valence-electron chi connectivity index (χ2n) is 5.70. The second kappa shape index (κ2) is 8.82. The number of amides is 1. The predicted octanol–water partition coefficient (Wildman–Crippen LogP) is 4.78.